The van der Waals surface area contributed by atoms with Crippen molar-refractivity contribution in [2.45, 2.75) is 6.17 Å². The third-order valence-corrected chi connectivity index (χ3v) is 4.33. The lowest BCUT2D eigenvalue weighted by atomic mass is 10.0. The van der Waals surface area contributed by atoms with Gasteiger partial charge in [0.05, 0.1) is 25.6 Å². The van der Waals surface area contributed by atoms with E-state index in [1.54, 1.807) is 6.20 Å². The summed E-state index contributed by atoms with van der Waals surface area (Å²) in [5.41, 5.74) is 10.6. The lowest BCUT2D eigenvalue weighted by Gasteiger charge is -2.32. The van der Waals surface area contributed by atoms with Crippen molar-refractivity contribution in [3.8, 4) is 11.1 Å². The smallest absolute Gasteiger partial charge is 0.155 e. The van der Waals surface area contributed by atoms with Crippen molar-refractivity contribution in [1.82, 2.24) is 20.1 Å². The Morgan fingerprint density at radius 1 is 1.22 bits per heavy atom. The minimum Gasteiger partial charge on any atom is -0.379 e. The van der Waals surface area contributed by atoms with Crippen LogP contribution in [0.25, 0.3) is 22.2 Å². The van der Waals surface area contributed by atoms with E-state index in [1.165, 1.54) is 0 Å². The summed E-state index contributed by atoms with van der Waals surface area (Å²) < 4.78 is 5.40. The average molecular weight is 309 g/mol. The molecule has 0 spiro atoms. The number of morpholine rings is 1. The Bertz CT molecular complexity index is 809. The van der Waals surface area contributed by atoms with E-state index in [4.69, 9.17) is 10.5 Å². The predicted molar refractivity (Wildman–Crippen MR) is 88.6 cm³/mol. The number of rotatable bonds is 3. The summed E-state index contributed by atoms with van der Waals surface area (Å²) in [4.78, 5) is 6.55. The SMILES string of the molecule is NC(c1cccc(-c2ccnc3[nH]ncc23)c1)N1CCOCC1. The highest BCUT2D eigenvalue weighted by molar-refractivity contribution is 5.92. The molecule has 4 rings (SSSR count). The molecule has 0 radical (unpaired) electrons. The number of H-pyrrole nitrogens is 1. The van der Waals surface area contributed by atoms with Gasteiger partial charge in [-0.05, 0) is 28.8 Å². The molecule has 1 aliphatic rings. The molecule has 0 saturated carbocycles. The lowest BCUT2D eigenvalue weighted by Crippen LogP contribution is -2.42. The van der Waals surface area contributed by atoms with E-state index in [-0.39, 0.29) is 6.17 Å². The summed E-state index contributed by atoms with van der Waals surface area (Å²) >= 11 is 0. The first-order valence-corrected chi connectivity index (χ1v) is 7.79. The molecule has 3 aromatic rings. The molecule has 0 amide bonds. The quantitative estimate of drug-likeness (QED) is 0.772. The van der Waals surface area contributed by atoms with E-state index in [1.807, 2.05) is 12.3 Å². The van der Waals surface area contributed by atoms with E-state index >= 15 is 0 Å². The van der Waals surface area contributed by atoms with Crippen LogP contribution in [0.5, 0.6) is 0 Å². The number of nitrogens with one attached hydrogen (secondary N) is 1. The Morgan fingerprint density at radius 2 is 2.09 bits per heavy atom. The minimum absolute atomic E-state index is 0.111. The van der Waals surface area contributed by atoms with Crippen molar-refractivity contribution in [3.05, 3.63) is 48.3 Å². The number of ether oxygens (including phenoxy) is 1. The van der Waals surface area contributed by atoms with Gasteiger partial charge < -0.3 is 10.5 Å². The number of aromatic nitrogens is 3. The first-order valence-electron chi connectivity index (χ1n) is 7.79. The number of hydrogen-bond acceptors (Lipinski definition) is 5. The van der Waals surface area contributed by atoms with E-state index in [0.717, 1.165) is 54.0 Å². The number of hydrogen-bond donors (Lipinski definition) is 2. The van der Waals surface area contributed by atoms with Crippen molar-refractivity contribution < 1.29 is 4.74 Å². The fourth-order valence-corrected chi connectivity index (χ4v) is 3.06. The first-order chi connectivity index (χ1) is 11.3. The molecule has 1 atom stereocenters. The summed E-state index contributed by atoms with van der Waals surface area (Å²) in [7, 11) is 0. The molecule has 2 aromatic heterocycles. The van der Waals surface area contributed by atoms with Gasteiger partial charge in [-0.3, -0.25) is 10.00 Å². The number of pyridine rings is 1. The highest BCUT2D eigenvalue weighted by Gasteiger charge is 2.19. The molecule has 1 saturated heterocycles. The Kier molecular flexibility index (Phi) is 3.78. The van der Waals surface area contributed by atoms with Crippen molar-refractivity contribution in [2.24, 2.45) is 5.73 Å². The summed E-state index contributed by atoms with van der Waals surface area (Å²) in [5, 5.41) is 8.01. The van der Waals surface area contributed by atoms with Gasteiger partial charge in [0, 0.05) is 24.7 Å². The van der Waals surface area contributed by atoms with Gasteiger partial charge in [-0.2, -0.15) is 5.10 Å². The molecular weight excluding hydrogens is 290 g/mol. The van der Waals surface area contributed by atoms with Crippen LogP contribution in [-0.4, -0.2) is 46.4 Å². The average Bonchev–Trinajstić information content (AvgIpc) is 3.10. The Labute approximate surface area is 134 Å². The van der Waals surface area contributed by atoms with Gasteiger partial charge in [-0.1, -0.05) is 18.2 Å². The molecule has 1 aromatic carbocycles. The highest BCUT2D eigenvalue weighted by atomic mass is 16.5. The Hall–Kier alpha value is -2.28. The van der Waals surface area contributed by atoms with Crippen LogP contribution >= 0.6 is 0 Å². The molecule has 3 N–H and O–H groups in total. The molecule has 1 fully saturated rings. The van der Waals surface area contributed by atoms with Gasteiger partial charge in [-0.25, -0.2) is 4.98 Å². The maximum Gasteiger partial charge on any atom is 0.155 e. The van der Waals surface area contributed by atoms with E-state index in [0.29, 0.717) is 0 Å². The van der Waals surface area contributed by atoms with E-state index in [2.05, 4.69) is 44.3 Å². The Morgan fingerprint density at radius 3 is 2.96 bits per heavy atom. The molecule has 0 bridgehead atoms. The van der Waals surface area contributed by atoms with E-state index < -0.39 is 0 Å². The molecule has 0 aliphatic carbocycles. The number of nitrogens with two attached hydrogens (primary N) is 1. The highest BCUT2D eigenvalue weighted by Crippen LogP contribution is 2.28. The van der Waals surface area contributed by atoms with Crippen LogP contribution in [0, 0.1) is 0 Å². The predicted octanol–water partition coefficient (Wildman–Crippen LogP) is 1.91. The number of benzene rings is 1. The maximum absolute atomic E-state index is 6.45. The van der Waals surface area contributed by atoms with Crippen LogP contribution in [-0.2, 0) is 4.74 Å². The summed E-state index contributed by atoms with van der Waals surface area (Å²) in [6.07, 6.45) is 3.50. The zero-order valence-corrected chi connectivity index (χ0v) is 12.8. The fraction of sp³-hybridized carbons (Fsp3) is 0.294. The number of nitrogens with zero attached hydrogens (tertiary/aromatic N) is 3. The zero-order valence-electron chi connectivity index (χ0n) is 12.8. The fourth-order valence-electron chi connectivity index (χ4n) is 3.06. The molecule has 6 heteroatoms. The van der Waals surface area contributed by atoms with Crippen LogP contribution in [0.2, 0.25) is 0 Å². The van der Waals surface area contributed by atoms with E-state index in [9.17, 15) is 0 Å². The Balaban J connectivity index is 1.69. The molecule has 1 unspecified atom stereocenters. The monoisotopic (exact) mass is 309 g/mol. The normalized spacial score (nSPS) is 17.4. The second-order valence-electron chi connectivity index (χ2n) is 5.71. The second-order valence-corrected chi connectivity index (χ2v) is 5.71. The summed E-state index contributed by atoms with van der Waals surface area (Å²) in [6.45, 7) is 3.22. The third kappa shape index (κ3) is 2.72. The van der Waals surface area contributed by atoms with Gasteiger partial charge >= 0.3 is 0 Å². The molecule has 118 valence electrons. The first kappa shape index (κ1) is 14.3. The largest absolute Gasteiger partial charge is 0.379 e. The van der Waals surface area contributed by atoms with Gasteiger partial charge in [0.15, 0.2) is 5.65 Å². The lowest BCUT2D eigenvalue weighted by molar-refractivity contribution is 0.0173. The van der Waals surface area contributed by atoms with Crippen LogP contribution in [0.1, 0.15) is 11.7 Å². The van der Waals surface area contributed by atoms with Crippen molar-refractivity contribution in [1.29, 1.82) is 0 Å². The van der Waals surface area contributed by atoms with Crippen molar-refractivity contribution in [3.63, 3.8) is 0 Å². The van der Waals surface area contributed by atoms with Crippen LogP contribution in [0.3, 0.4) is 0 Å². The van der Waals surface area contributed by atoms with Crippen LogP contribution < -0.4 is 5.73 Å². The molecule has 3 heterocycles. The maximum atomic E-state index is 6.45. The van der Waals surface area contributed by atoms with Gasteiger partial charge in [0.25, 0.3) is 0 Å². The van der Waals surface area contributed by atoms with Gasteiger partial charge in [0.1, 0.15) is 0 Å². The van der Waals surface area contributed by atoms with Crippen molar-refractivity contribution in [2.75, 3.05) is 26.3 Å². The summed E-state index contributed by atoms with van der Waals surface area (Å²) in [5.74, 6) is 0. The van der Waals surface area contributed by atoms with Gasteiger partial charge in [-0.15, -0.1) is 0 Å². The zero-order chi connectivity index (χ0) is 15.6. The number of aromatic amines is 1. The van der Waals surface area contributed by atoms with Crippen molar-refractivity contribution >= 4 is 11.0 Å². The van der Waals surface area contributed by atoms with Gasteiger partial charge in [0.2, 0.25) is 0 Å². The van der Waals surface area contributed by atoms with Crippen LogP contribution in [0.15, 0.2) is 42.7 Å². The van der Waals surface area contributed by atoms with Crippen LogP contribution in [0.4, 0.5) is 0 Å². The molecule has 1 aliphatic heterocycles. The summed E-state index contributed by atoms with van der Waals surface area (Å²) in [6, 6.07) is 10.4. The molecular formula is C17H19N5O. The minimum atomic E-state index is -0.111. The molecule has 6 nitrogen and oxygen atoms in total. The third-order valence-electron chi connectivity index (χ3n) is 4.33. The topological polar surface area (TPSA) is 80.1 Å². The number of fused-ring (bicyclic) bond motifs is 1. The second kappa shape index (κ2) is 6.08. The standard InChI is InChI=1S/C17H19N5O/c18-16(22-6-8-23-9-7-22)13-3-1-2-12(10-13)14-4-5-19-17-15(14)11-20-21-17/h1-5,10-11,16H,6-9,18H2,(H,19,20,21). The molecule has 23 heavy (non-hydrogen) atoms.